The number of thiazole rings is 1. The van der Waals surface area contributed by atoms with Crippen molar-refractivity contribution in [3.63, 3.8) is 0 Å². The van der Waals surface area contributed by atoms with Gasteiger partial charge in [-0.1, -0.05) is 11.3 Å². The molecular weight excluding hydrogens is 226 g/mol. The van der Waals surface area contributed by atoms with Gasteiger partial charge in [0.1, 0.15) is 0 Å². The van der Waals surface area contributed by atoms with Gasteiger partial charge in [0.15, 0.2) is 5.13 Å². The quantitative estimate of drug-likeness (QED) is 0.854. The Bertz CT molecular complexity index is 348. The molecule has 0 radical (unpaired) electrons. The first-order valence-electron chi connectivity index (χ1n) is 5.25. The maximum Gasteiger partial charge on any atom is 0.231 e. The molecule has 16 heavy (non-hydrogen) atoms. The fourth-order valence-electron chi connectivity index (χ4n) is 1.60. The van der Waals surface area contributed by atoms with Gasteiger partial charge in [-0.05, 0) is 0 Å². The molecule has 0 aromatic carbocycles. The third kappa shape index (κ3) is 2.28. The van der Waals surface area contributed by atoms with E-state index in [2.05, 4.69) is 10.3 Å². The second kappa shape index (κ2) is 4.99. The van der Waals surface area contributed by atoms with Crippen LogP contribution in [0.15, 0.2) is 0 Å². The van der Waals surface area contributed by atoms with Crippen molar-refractivity contribution in [1.29, 1.82) is 0 Å². The second-order valence-corrected chi connectivity index (χ2v) is 4.86. The van der Waals surface area contributed by atoms with E-state index in [1.165, 1.54) is 0 Å². The average Bonchev–Trinajstić information content (AvgIpc) is 2.74. The third-order valence-corrected chi connectivity index (χ3v) is 3.74. The Morgan fingerprint density at radius 1 is 1.56 bits per heavy atom. The van der Waals surface area contributed by atoms with Gasteiger partial charge in [-0.2, -0.15) is 4.98 Å². The van der Waals surface area contributed by atoms with Crippen LogP contribution in [-0.4, -0.2) is 45.9 Å². The first kappa shape index (κ1) is 11.6. The molecule has 0 aliphatic carbocycles. The van der Waals surface area contributed by atoms with Gasteiger partial charge in [0.05, 0.1) is 31.2 Å². The lowest BCUT2D eigenvalue weighted by molar-refractivity contribution is 0.0770. The molecule has 1 unspecified atom stereocenters. The van der Waals surface area contributed by atoms with Crippen molar-refractivity contribution < 1.29 is 9.47 Å². The minimum atomic E-state index is 0.204. The summed E-state index contributed by atoms with van der Waals surface area (Å²) in [6, 6.07) is 0.204. The Morgan fingerprint density at radius 2 is 2.38 bits per heavy atom. The van der Waals surface area contributed by atoms with E-state index in [9.17, 15) is 0 Å². The zero-order valence-electron chi connectivity index (χ0n) is 9.82. The summed E-state index contributed by atoms with van der Waals surface area (Å²) in [7, 11) is 5.61. The largest absolute Gasteiger partial charge is 0.480 e. The predicted octanol–water partition coefficient (Wildman–Crippen LogP) is 0.879. The first-order valence-corrected chi connectivity index (χ1v) is 6.07. The Labute approximate surface area is 99.4 Å². The molecule has 1 aromatic heterocycles. The number of nitrogens with zero attached hydrogens (tertiary/aromatic N) is 2. The van der Waals surface area contributed by atoms with E-state index in [0.717, 1.165) is 23.2 Å². The molecule has 1 aromatic rings. The number of nitrogens with one attached hydrogen (secondary N) is 1. The fraction of sp³-hybridized carbons (Fsp3) is 0.700. The number of hydrogen-bond donors (Lipinski definition) is 1. The van der Waals surface area contributed by atoms with Crippen LogP contribution < -0.4 is 15.0 Å². The van der Waals surface area contributed by atoms with Gasteiger partial charge in [0.25, 0.3) is 0 Å². The van der Waals surface area contributed by atoms with Crippen molar-refractivity contribution in [2.45, 2.75) is 6.04 Å². The lowest BCUT2D eigenvalue weighted by Gasteiger charge is -2.22. The van der Waals surface area contributed by atoms with E-state index >= 15 is 0 Å². The monoisotopic (exact) mass is 243 g/mol. The predicted molar refractivity (Wildman–Crippen MR) is 64.6 cm³/mol. The van der Waals surface area contributed by atoms with Crippen molar-refractivity contribution in [3.8, 4) is 5.88 Å². The highest BCUT2D eigenvalue weighted by Gasteiger charge is 2.23. The summed E-state index contributed by atoms with van der Waals surface area (Å²) in [6.07, 6.45) is 0. The molecule has 1 fully saturated rings. The normalized spacial score (nSPS) is 20.8. The standard InChI is InChI=1S/C10H17N3O2S/c1-13(2)10-12-9(14-3)8(16-10)7-6-15-5-4-11-7/h7,11H,4-6H2,1-3H3. The van der Waals surface area contributed by atoms with Crippen LogP contribution in [0.1, 0.15) is 10.9 Å². The molecule has 1 aliphatic heterocycles. The summed E-state index contributed by atoms with van der Waals surface area (Å²) in [4.78, 5) is 7.53. The van der Waals surface area contributed by atoms with Crippen LogP contribution in [0.2, 0.25) is 0 Å². The van der Waals surface area contributed by atoms with Crippen molar-refractivity contribution in [2.75, 3.05) is 45.9 Å². The van der Waals surface area contributed by atoms with Crippen molar-refractivity contribution in [1.82, 2.24) is 10.3 Å². The molecule has 2 heterocycles. The number of ether oxygens (including phenoxy) is 2. The van der Waals surface area contributed by atoms with E-state index in [-0.39, 0.29) is 6.04 Å². The fourth-order valence-corrected chi connectivity index (χ4v) is 2.62. The highest BCUT2D eigenvalue weighted by atomic mass is 32.1. The van der Waals surface area contributed by atoms with Crippen LogP contribution in [0.5, 0.6) is 5.88 Å². The number of methoxy groups -OCH3 is 1. The molecule has 0 spiro atoms. The number of morpholine rings is 1. The van der Waals surface area contributed by atoms with Gasteiger partial charge in [-0.25, -0.2) is 0 Å². The zero-order chi connectivity index (χ0) is 11.5. The Kier molecular flexibility index (Phi) is 3.63. The summed E-state index contributed by atoms with van der Waals surface area (Å²) in [5.74, 6) is 0.705. The molecule has 6 heteroatoms. The van der Waals surface area contributed by atoms with Crippen LogP contribution in [-0.2, 0) is 4.74 Å². The van der Waals surface area contributed by atoms with Gasteiger partial charge < -0.3 is 19.7 Å². The van der Waals surface area contributed by atoms with Gasteiger partial charge in [-0.3, -0.25) is 0 Å². The summed E-state index contributed by atoms with van der Waals surface area (Å²) in [6.45, 7) is 2.34. The molecule has 90 valence electrons. The lowest BCUT2D eigenvalue weighted by Crippen LogP contribution is -2.34. The summed E-state index contributed by atoms with van der Waals surface area (Å²) < 4.78 is 10.8. The molecule has 1 aliphatic rings. The molecule has 0 saturated carbocycles. The van der Waals surface area contributed by atoms with Gasteiger partial charge in [0, 0.05) is 20.6 Å². The number of anilines is 1. The molecular formula is C10H17N3O2S. The van der Waals surface area contributed by atoms with E-state index in [1.54, 1.807) is 18.4 Å². The summed E-state index contributed by atoms with van der Waals surface area (Å²) in [5, 5.41) is 4.37. The number of aromatic nitrogens is 1. The lowest BCUT2D eigenvalue weighted by atomic mass is 10.2. The molecule has 1 saturated heterocycles. The molecule has 0 bridgehead atoms. The maximum atomic E-state index is 5.45. The number of rotatable bonds is 3. The molecule has 5 nitrogen and oxygen atoms in total. The highest BCUT2D eigenvalue weighted by molar-refractivity contribution is 7.16. The van der Waals surface area contributed by atoms with Crippen LogP contribution in [0, 0.1) is 0 Å². The van der Waals surface area contributed by atoms with Crippen LogP contribution in [0.25, 0.3) is 0 Å². The topological polar surface area (TPSA) is 46.6 Å². The Morgan fingerprint density at radius 3 is 2.94 bits per heavy atom. The average molecular weight is 243 g/mol. The van der Waals surface area contributed by atoms with Crippen LogP contribution >= 0.6 is 11.3 Å². The second-order valence-electron chi connectivity index (χ2n) is 3.85. The van der Waals surface area contributed by atoms with E-state index in [4.69, 9.17) is 9.47 Å². The van der Waals surface area contributed by atoms with Crippen LogP contribution in [0.4, 0.5) is 5.13 Å². The van der Waals surface area contributed by atoms with Gasteiger partial charge >= 0.3 is 0 Å². The SMILES string of the molecule is COc1nc(N(C)C)sc1C1COCCN1. The minimum Gasteiger partial charge on any atom is -0.480 e. The summed E-state index contributed by atoms with van der Waals surface area (Å²) >= 11 is 1.65. The van der Waals surface area contributed by atoms with E-state index in [1.807, 2.05) is 19.0 Å². The van der Waals surface area contributed by atoms with Gasteiger partial charge in [-0.15, -0.1) is 0 Å². The van der Waals surface area contributed by atoms with Crippen molar-refractivity contribution in [3.05, 3.63) is 4.88 Å². The van der Waals surface area contributed by atoms with Crippen LogP contribution in [0.3, 0.4) is 0 Å². The summed E-state index contributed by atoms with van der Waals surface area (Å²) in [5.41, 5.74) is 0. The molecule has 2 rings (SSSR count). The van der Waals surface area contributed by atoms with E-state index in [0.29, 0.717) is 12.5 Å². The smallest absolute Gasteiger partial charge is 0.231 e. The molecule has 1 atom stereocenters. The van der Waals surface area contributed by atoms with E-state index < -0.39 is 0 Å². The van der Waals surface area contributed by atoms with Crippen molar-refractivity contribution in [2.24, 2.45) is 0 Å². The van der Waals surface area contributed by atoms with Gasteiger partial charge in [0.2, 0.25) is 5.88 Å². The minimum absolute atomic E-state index is 0.204. The Balaban J connectivity index is 2.23. The number of hydrogen-bond acceptors (Lipinski definition) is 6. The third-order valence-electron chi connectivity index (χ3n) is 2.42. The molecule has 0 amide bonds. The zero-order valence-corrected chi connectivity index (χ0v) is 10.6. The first-order chi connectivity index (χ1) is 7.72. The Hall–Kier alpha value is -0.850. The molecule has 1 N–H and O–H groups in total. The highest BCUT2D eigenvalue weighted by Crippen LogP contribution is 2.35. The van der Waals surface area contributed by atoms with Crippen molar-refractivity contribution >= 4 is 16.5 Å². The maximum absolute atomic E-state index is 5.45.